The number of nitrogens with two attached hydrogens (primary N) is 1. The minimum absolute atomic E-state index is 0.588. The predicted molar refractivity (Wildman–Crippen MR) is 69.6 cm³/mol. The van der Waals surface area contributed by atoms with Crippen LogP contribution < -0.4 is 10.6 Å². The van der Waals surface area contributed by atoms with E-state index in [1.807, 2.05) is 18.2 Å². The molecule has 0 aliphatic heterocycles. The van der Waals surface area contributed by atoms with E-state index in [2.05, 4.69) is 33.9 Å². The van der Waals surface area contributed by atoms with Gasteiger partial charge in [-0.3, -0.25) is 0 Å². The van der Waals surface area contributed by atoms with E-state index in [4.69, 9.17) is 5.73 Å². The Bertz CT molecular complexity index is 453. The minimum Gasteiger partial charge on any atom is -0.396 e. The highest BCUT2D eigenvalue weighted by Gasteiger charge is 2.07. The Balaban J connectivity index is 2.14. The molecular formula is C13H16N4. The zero-order valence-corrected chi connectivity index (χ0v) is 9.87. The van der Waals surface area contributed by atoms with Crippen LogP contribution in [0.25, 0.3) is 0 Å². The van der Waals surface area contributed by atoms with Gasteiger partial charge in [0.2, 0.25) is 5.95 Å². The summed E-state index contributed by atoms with van der Waals surface area (Å²) in [5, 5.41) is 0. The van der Waals surface area contributed by atoms with Crippen LogP contribution in [0.4, 0.5) is 11.6 Å². The average molecular weight is 228 g/mol. The lowest BCUT2D eigenvalue weighted by Gasteiger charge is -2.20. The highest BCUT2D eigenvalue weighted by atomic mass is 15.2. The first-order valence-electron chi connectivity index (χ1n) is 5.66. The summed E-state index contributed by atoms with van der Waals surface area (Å²) in [6.07, 6.45) is 3.27. The van der Waals surface area contributed by atoms with Gasteiger partial charge in [-0.05, 0) is 12.5 Å². The zero-order chi connectivity index (χ0) is 12.1. The van der Waals surface area contributed by atoms with Crippen molar-refractivity contribution in [3.8, 4) is 0 Å². The van der Waals surface area contributed by atoms with Gasteiger partial charge in [0.15, 0.2) is 0 Å². The average Bonchev–Trinajstić information content (AvgIpc) is 2.38. The Morgan fingerprint density at radius 3 is 2.35 bits per heavy atom. The highest BCUT2D eigenvalue weighted by Crippen LogP contribution is 2.12. The van der Waals surface area contributed by atoms with Crippen LogP contribution in [0.5, 0.6) is 0 Å². The molecule has 0 radical (unpaired) electrons. The smallest absolute Gasteiger partial charge is 0.225 e. The van der Waals surface area contributed by atoms with Crippen molar-refractivity contribution in [2.45, 2.75) is 13.5 Å². The van der Waals surface area contributed by atoms with E-state index in [0.717, 1.165) is 13.1 Å². The molecule has 0 unspecified atom stereocenters. The van der Waals surface area contributed by atoms with Crippen LogP contribution >= 0.6 is 0 Å². The molecular weight excluding hydrogens is 212 g/mol. The van der Waals surface area contributed by atoms with E-state index in [1.54, 1.807) is 12.4 Å². The van der Waals surface area contributed by atoms with Crippen molar-refractivity contribution in [3.05, 3.63) is 48.3 Å². The topological polar surface area (TPSA) is 55.0 Å². The van der Waals surface area contributed by atoms with Crippen LogP contribution in [0.3, 0.4) is 0 Å². The lowest BCUT2D eigenvalue weighted by Crippen LogP contribution is -2.24. The molecule has 1 heterocycles. The van der Waals surface area contributed by atoms with E-state index in [1.165, 1.54) is 5.56 Å². The minimum atomic E-state index is 0.588. The van der Waals surface area contributed by atoms with Gasteiger partial charge >= 0.3 is 0 Å². The maximum atomic E-state index is 5.58. The van der Waals surface area contributed by atoms with Crippen molar-refractivity contribution < 1.29 is 0 Å². The van der Waals surface area contributed by atoms with Gasteiger partial charge in [0.1, 0.15) is 0 Å². The monoisotopic (exact) mass is 228 g/mol. The first kappa shape index (κ1) is 11.4. The van der Waals surface area contributed by atoms with Crippen molar-refractivity contribution in [1.29, 1.82) is 0 Å². The van der Waals surface area contributed by atoms with Crippen molar-refractivity contribution >= 4 is 11.6 Å². The van der Waals surface area contributed by atoms with E-state index < -0.39 is 0 Å². The first-order valence-corrected chi connectivity index (χ1v) is 5.66. The fraction of sp³-hybridized carbons (Fsp3) is 0.231. The summed E-state index contributed by atoms with van der Waals surface area (Å²) in [5.41, 5.74) is 7.41. The third kappa shape index (κ3) is 2.93. The molecule has 0 spiro atoms. The maximum Gasteiger partial charge on any atom is 0.225 e. The highest BCUT2D eigenvalue weighted by molar-refractivity contribution is 5.38. The van der Waals surface area contributed by atoms with E-state index in [0.29, 0.717) is 11.6 Å². The summed E-state index contributed by atoms with van der Waals surface area (Å²) in [5.74, 6) is 0.713. The van der Waals surface area contributed by atoms with Crippen LogP contribution in [0.2, 0.25) is 0 Å². The van der Waals surface area contributed by atoms with Gasteiger partial charge in [0.25, 0.3) is 0 Å². The molecule has 0 bridgehead atoms. The quantitative estimate of drug-likeness (QED) is 0.870. The number of hydrogen-bond acceptors (Lipinski definition) is 4. The summed E-state index contributed by atoms with van der Waals surface area (Å²) in [6.45, 7) is 3.75. The van der Waals surface area contributed by atoms with Gasteiger partial charge in [0.05, 0.1) is 18.1 Å². The third-order valence-electron chi connectivity index (χ3n) is 2.54. The molecule has 1 aromatic heterocycles. The largest absolute Gasteiger partial charge is 0.396 e. The van der Waals surface area contributed by atoms with Gasteiger partial charge in [0, 0.05) is 13.1 Å². The Kier molecular flexibility index (Phi) is 3.55. The number of benzene rings is 1. The summed E-state index contributed by atoms with van der Waals surface area (Å²) >= 11 is 0. The number of rotatable bonds is 4. The molecule has 0 saturated carbocycles. The molecule has 88 valence electrons. The van der Waals surface area contributed by atoms with Crippen LogP contribution in [0.15, 0.2) is 42.7 Å². The molecule has 0 saturated heterocycles. The maximum absolute atomic E-state index is 5.58. The fourth-order valence-electron chi connectivity index (χ4n) is 1.62. The molecule has 17 heavy (non-hydrogen) atoms. The van der Waals surface area contributed by atoms with Crippen molar-refractivity contribution in [1.82, 2.24) is 9.97 Å². The molecule has 0 amide bonds. The summed E-state index contributed by atoms with van der Waals surface area (Å²) in [6, 6.07) is 10.3. The molecule has 2 N–H and O–H groups in total. The molecule has 4 heteroatoms. The lowest BCUT2D eigenvalue weighted by atomic mass is 10.2. The second-order valence-electron chi connectivity index (χ2n) is 3.82. The lowest BCUT2D eigenvalue weighted by molar-refractivity contribution is 0.792. The molecule has 0 atom stereocenters. The van der Waals surface area contributed by atoms with E-state index in [-0.39, 0.29) is 0 Å². The van der Waals surface area contributed by atoms with Gasteiger partial charge < -0.3 is 10.6 Å². The molecule has 1 aromatic carbocycles. The van der Waals surface area contributed by atoms with Crippen LogP contribution in [-0.4, -0.2) is 16.5 Å². The first-order chi connectivity index (χ1) is 8.29. The second kappa shape index (κ2) is 5.30. The Morgan fingerprint density at radius 1 is 1.12 bits per heavy atom. The number of nitrogens with zero attached hydrogens (tertiary/aromatic N) is 3. The number of hydrogen-bond donors (Lipinski definition) is 1. The van der Waals surface area contributed by atoms with Crippen LogP contribution in [0.1, 0.15) is 12.5 Å². The fourth-order valence-corrected chi connectivity index (χ4v) is 1.62. The zero-order valence-electron chi connectivity index (χ0n) is 9.87. The summed E-state index contributed by atoms with van der Waals surface area (Å²) in [4.78, 5) is 10.6. The predicted octanol–water partition coefficient (Wildman–Crippen LogP) is 2.09. The molecule has 2 rings (SSSR count). The summed E-state index contributed by atoms with van der Waals surface area (Å²) in [7, 11) is 0. The van der Waals surface area contributed by atoms with Crippen molar-refractivity contribution in [2.75, 3.05) is 17.2 Å². The Hall–Kier alpha value is -2.10. The van der Waals surface area contributed by atoms with E-state index >= 15 is 0 Å². The SMILES string of the molecule is CCN(Cc1ccccc1)c1ncc(N)cn1. The van der Waals surface area contributed by atoms with Crippen molar-refractivity contribution in [2.24, 2.45) is 0 Å². The summed E-state index contributed by atoms with van der Waals surface area (Å²) < 4.78 is 0. The number of nitrogen functional groups attached to an aromatic ring is 1. The number of anilines is 2. The number of aromatic nitrogens is 2. The standard InChI is InChI=1S/C13H16N4/c1-2-17(10-11-6-4-3-5-7-11)13-15-8-12(14)9-16-13/h3-9H,2,10,14H2,1H3. The van der Waals surface area contributed by atoms with Crippen LogP contribution in [-0.2, 0) is 6.54 Å². The van der Waals surface area contributed by atoms with Gasteiger partial charge in [-0.15, -0.1) is 0 Å². The van der Waals surface area contributed by atoms with Gasteiger partial charge in [-0.1, -0.05) is 30.3 Å². The third-order valence-corrected chi connectivity index (χ3v) is 2.54. The molecule has 4 nitrogen and oxygen atoms in total. The molecule has 2 aromatic rings. The Morgan fingerprint density at radius 2 is 1.76 bits per heavy atom. The molecule has 0 aliphatic rings. The van der Waals surface area contributed by atoms with E-state index in [9.17, 15) is 0 Å². The van der Waals surface area contributed by atoms with Crippen LogP contribution in [0, 0.1) is 0 Å². The van der Waals surface area contributed by atoms with Crippen molar-refractivity contribution in [3.63, 3.8) is 0 Å². The Labute approximate surface area is 101 Å². The molecule has 0 aliphatic carbocycles. The van der Waals surface area contributed by atoms with Gasteiger partial charge in [-0.25, -0.2) is 9.97 Å². The normalized spacial score (nSPS) is 10.2. The van der Waals surface area contributed by atoms with Gasteiger partial charge in [-0.2, -0.15) is 0 Å². The second-order valence-corrected chi connectivity index (χ2v) is 3.82. The molecule has 0 fully saturated rings.